The fraction of sp³-hybridized carbons (Fsp3) is 0.300. The zero-order valence-corrected chi connectivity index (χ0v) is 8.77. The molecule has 1 N–H and O–H groups in total. The molecule has 0 heterocycles. The third-order valence-electron chi connectivity index (χ3n) is 1.94. The van der Waals surface area contributed by atoms with Gasteiger partial charge in [0.25, 0.3) is 0 Å². The number of methoxy groups -OCH3 is 1. The van der Waals surface area contributed by atoms with Gasteiger partial charge in [-0.15, -0.1) is 0 Å². The molecule has 3 nitrogen and oxygen atoms in total. The van der Waals surface area contributed by atoms with Crippen molar-refractivity contribution < 1.29 is 27.1 Å². The normalized spacial score (nSPS) is 11.1. The van der Waals surface area contributed by atoms with Crippen LogP contribution in [-0.4, -0.2) is 19.6 Å². The molecule has 0 unspecified atom stereocenters. The quantitative estimate of drug-likeness (QED) is 0.662. The second-order valence-electron chi connectivity index (χ2n) is 3.12. The molecule has 0 amide bonds. The van der Waals surface area contributed by atoms with Crippen molar-refractivity contribution in [3.63, 3.8) is 0 Å². The first kappa shape index (κ1) is 13.3. The number of anilines is 1. The van der Waals surface area contributed by atoms with Gasteiger partial charge in [0.05, 0.1) is 12.7 Å². The summed E-state index contributed by atoms with van der Waals surface area (Å²) in [5.74, 6) is -2.00. The molecule has 0 saturated heterocycles. The molecule has 1 aromatic rings. The molecule has 0 aliphatic carbocycles. The Morgan fingerprint density at radius 2 is 2.06 bits per heavy atom. The van der Waals surface area contributed by atoms with Crippen molar-refractivity contribution in [3.8, 4) is 0 Å². The van der Waals surface area contributed by atoms with Gasteiger partial charge in [0.2, 0.25) is 0 Å². The van der Waals surface area contributed by atoms with Crippen LogP contribution < -0.4 is 5.32 Å². The number of esters is 1. The molecule has 7 heteroatoms. The Morgan fingerprint density at radius 3 is 2.59 bits per heavy atom. The first-order valence-electron chi connectivity index (χ1n) is 4.52. The van der Waals surface area contributed by atoms with E-state index in [4.69, 9.17) is 0 Å². The number of carbonyl (C=O) groups is 1. The minimum atomic E-state index is -4.77. The number of alkyl halides is 3. The molecule has 0 bridgehead atoms. The van der Waals surface area contributed by atoms with E-state index in [2.05, 4.69) is 10.1 Å². The molecular weight excluding hydrogens is 242 g/mol. The molecule has 0 radical (unpaired) electrons. The molecule has 0 spiro atoms. The van der Waals surface area contributed by atoms with Gasteiger partial charge >= 0.3 is 12.1 Å². The summed E-state index contributed by atoms with van der Waals surface area (Å²) in [7, 11) is 1.15. The molecule has 0 atom stereocenters. The summed E-state index contributed by atoms with van der Waals surface area (Å²) in [4.78, 5) is 10.8. The molecule has 0 saturated carbocycles. The number of benzene rings is 1. The van der Waals surface area contributed by atoms with Gasteiger partial charge in [-0.05, 0) is 18.2 Å². The van der Waals surface area contributed by atoms with Gasteiger partial charge in [-0.2, -0.15) is 13.2 Å². The van der Waals surface area contributed by atoms with Gasteiger partial charge in [-0.25, -0.2) is 4.39 Å². The number of rotatable bonds is 3. The lowest BCUT2D eigenvalue weighted by molar-refractivity contribution is -0.140. The van der Waals surface area contributed by atoms with E-state index in [9.17, 15) is 22.4 Å². The number of nitrogens with one attached hydrogen (secondary N) is 1. The molecule has 0 fully saturated rings. The summed E-state index contributed by atoms with van der Waals surface area (Å²) in [6.45, 7) is -0.292. The number of hydrogen-bond donors (Lipinski definition) is 1. The Bertz CT molecular complexity index is 417. The molecule has 1 rings (SSSR count). The van der Waals surface area contributed by atoms with Gasteiger partial charge in [0.15, 0.2) is 0 Å². The van der Waals surface area contributed by atoms with Crippen LogP contribution in [0.25, 0.3) is 0 Å². The van der Waals surface area contributed by atoms with E-state index in [0.717, 1.165) is 13.2 Å². The second kappa shape index (κ2) is 5.03. The average Bonchev–Trinajstić information content (AvgIpc) is 2.26. The van der Waals surface area contributed by atoms with Gasteiger partial charge in [0.1, 0.15) is 12.4 Å². The standard InChI is InChI=1S/C10H9F4NO2/c1-17-9(16)5-15-6-2-3-8(11)7(4-6)10(12,13)14/h2-4,15H,5H2,1H3. The summed E-state index contributed by atoms with van der Waals surface area (Å²) in [5.41, 5.74) is -1.39. The summed E-state index contributed by atoms with van der Waals surface area (Å²) in [5, 5.41) is 2.39. The SMILES string of the molecule is COC(=O)CNc1ccc(F)c(C(F)(F)F)c1. The van der Waals surface area contributed by atoms with Crippen LogP contribution in [0.15, 0.2) is 18.2 Å². The van der Waals surface area contributed by atoms with Crippen molar-refractivity contribution in [1.82, 2.24) is 0 Å². The highest BCUT2D eigenvalue weighted by molar-refractivity contribution is 5.74. The highest BCUT2D eigenvalue weighted by Gasteiger charge is 2.34. The van der Waals surface area contributed by atoms with E-state index >= 15 is 0 Å². The van der Waals surface area contributed by atoms with Crippen LogP contribution in [0.5, 0.6) is 0 Å². The van der Waals surface area contributed by atoms with Crippen molar-refractivity contribution in [1.29, 1.82) is 0 Å². The van der Waals surface area contributed by atoms with Crippen molar-refractivity contribution >= 4 is 11.7 Å². The molecule has 0 aliphatic heterocycles. The number of ether oxygens (including phenoxy) is 1. The topological polar surface area (TPSA) is 38.3 Å². The summed E-state index contributed by atoms with van der Waals surface area (Å²) >= 11 is 0. The van der Waals surface area contributed by atoms with Crippen molar-refractivity contribution in [2.24, 2.45) is 0 Å². The molecule has 0 aromatic heterocycles. The van der Waals surface area contributed by atoms with E-state index < -0.39 is 23.5 Å². The monoisotopic (exact) mass is 251 g/mol. The maximum atomic E-state index is 12.9. The van der Waals surface area contributed by atoms with Crippen LogP contribution in [0.3, 0.4) is 0 Å². The van der Waals surface area contributed by atoms with Crippen LogP contribution in [0.2, 0.25) is 0 Å². The Kier molecular flexibility index (Phi) is 3.93. The van der Waals surface area contributed by atoms with Gasteiger partial charge in [-0.1, -0.05) is 0 Å². The Balaban J connectivity index is 2.86. The Labute approximate surface area is 94.4 Å². The fourth-order valence-electron chi connectivity index (χ4n) is 1.10. The van der Waals surface area contributed by atoms with Crippen LogP contribution in [0.1, 0.15) is 5.56 Å². The minimum Gasteiger partial charge on any atom is -0.468 e. The Morgan fingerprint density at radius 1 is 1.41 bits per heavy atom. The van der Waals surface area contributed by atoms with Gasteiger partial charge in [-0.3, -0.25) is 4.79 Å². The molecule has 1 aromatic carbocycles. The molecule has 0 aliphatic rings. The lowest BCUT2D eigenvalue weighted by Gasteiger charge is -2.11. The van der Waals surface area contributed by atoms with Crippen molar-refractivity contribution in [2.75, 3.05) is 19.0 Å². The van der Waals surface area contributed by atoms with Gasteiger partial charge < -0.3 is 10.1 Å². The summed E-state index contributed by atoms with van der Waals surface area (Å²) in [6.07, 6.45) is -4.77. The van der Waals surface area contributed by atoms with E-state index in [1.807, 2.05) is 0 Å². The first-order valence-corrected chi connectivity index (χ1v) is 4.52. The largest absolute Gasteiger partial charge is 0.468 e. The van der Waals surface area contributed by atoms with E-state index in [1.165, 1.54) is 0 Å². The molecule has 94 valence electrons. The number of halogens is 4. The third-order valence-corrected chi connectivity index (χ3v) is 1.94. The maximum Gasteiger partial charge on any atom is 0.419 e. The number of hydrogen-bond acceptors (Lipinski definition) is 3. The number of carbonyl (C=O) groups excluding carboxylic acids is 1. The van der Waals surface area contributed by atoms with E-state index in [1.54, 1.807) is 0 Å². The van der Waals surface area contributed by atoms with Crippen molar-refractivity contribution in [2.45, 2.75) is 6.18 Å². The van der Waals surface area contributed by atoms with Crippen LogP contribution in [0, 0.1) is 5.82 Å². The smallest absolute Gasteiger partial charge is 0.419 e. The Hall–Kier alpha value is -1.79. The fourth-order valence-corrected chi connectivity index (χ4v) is 1.10. The zero-order chi connectivity index (χ0) is 13.1. The van der Waals surface area contributed by atoms with Crippen LogP contribution in [-0.2, 0) is 15.7 Å². The second-order valence-corrected chi connectivity index (χ2v) is 3.12. The van der Waals surface area contributed by atoms with E-state index in [-0.39, 0.29) is 12.2 Å². The van der Waals surface area contributed by atoms with Crippen molar-refractivity contribution in [3.05, 3.63) is 29.6 Å². The maximum absolute atomic E-state index is 12.9. The lowest BCUT2D eigenvalue weighted by atomic mass is 10.2. The van der Waals surface area contributed by atoms with Gasteiger partial charge in [0, 0.05) is 5.69 Å². The lowest BCUT2D eigenvalue weighted by Crippen LogP contribution is -2.16. The predicted molar refractivity (Wildman–Crippen MR) is 51.9 cm³/mol. The first-order chi connectivity index (χ1) is 7.84. The third kappa shape index (κ3) is 3.61. The zero-order valence-electron chi connectivity index (χ0n) is 8.77. The minimum absolute atomic E-state index is 0.0101. The van der Waals surface area contributed by atoms with Crippen LogP contribution >= 0.6 is 0 Å². The highest BCUT2D eigenvalue weighted by Crippen LogP contribution is 2.32. The summed E-state index contributed by atoms with van der Waals surface area (Å²) in [6, 6.07) is 2.38. The summed E-state index contributed by atoms with van der Waals surface area (Å²) < 4.78 is 54.2. The van der Waals surface area contributed by atoms with E-state index in [0.29, 0.717) is 12.1 Å². The average molecular weight is 251 g/mol. The molecular formula is C10H9F4NO2. The highest BCUT2D eigenvalue weighted by atomic mass is 19.4. The molecule has 17 heavy (non-hydrogen) atoms. The van der Waals surface area contributed by atoms with Crippen LogP contribution in [0.4, 0.5) is 23.2 Å². The predicted octanol–water partition coefficient (Wildman–Crippen LogP) is 2.43.